The van der Waals surface area contributed by atoms with Crippen LogP contribution >= 0.6 is 0 Å². The van der Waals surface area contributed by atoms with Crippen LogP contribution in [-0.2, 0) is 0 Å². The molecule has 6 nitrogen and oxygen atoms in total. The highest BCUT2D eigenvalue weighted by atomic mass is 28.3. The minimum absolute atomic E-state index is 0.659. The molecule has 0 N–H and O–H groups in total. The summed E-state index contributed by atoms with van der Waals surface area (Å²) in [5.41, 5.74) is 19.8. The Morgan fingerprint density at radius 3 is 0.739 bits per heavy atom. The molecule has 3 heterocycles. The summed E-state index contributed by atoms with van der Waals surface area (Å²) in [4.78, 5) is 3.68. The van der Waals surface area contributed by atoms with E-state index >= 15 is 0 Å². The van der Waals surface area contributed by atoms with Crippen molar-refractivity contribution in [2.24, 2.45) is 0 Å². The summed E-state index contributed by atoms with van der Waals surface area (Å²) in [6.07, 6.45) is 0. The number of hydrogen-bond donors (Lipinski definition) is 0. The van der Waals surface area contributed by atoms with Crippen molar-refractivity contribution in [3.8, 4) is 62.6 Å². The van der Waals surface area contributed by atoms with E-state index in [1.807, 2.05) is 36.4 Å². The third kappa shape index (κ3) is 15.2. The summed E-state index contributed by atoms with van der Waals surface area (Å²) in [5.74, 6) is 0. The molecule has 138 heavy (non-hydrogen) atoms. The van der Waals surface area contributed by atoms with Crippen LogP contribution in [0.3, 0.4) is 0 Å². The summed E-state index contributed by atoms with van der Waals surface area (Å²) in [5, 5.41) is 43.2. The fourth-order valence-corrected chi connectivity index (χ4v) is 36.0. The predicted molar refractivity (Wildman–Crippen MR) is 585 cm³/mol. The lowest BCUT2D eigenvalue weighted by atomic mass is 10.1. The van der Waals surface area contributed by atoms with Crippen LogP contribution in [0.5, 0.6) is 0 Å². The van der Waals surface area contributed by atoms with Gasteiger partial charge in [0.25, 0.3) is 0 Å². The van der Waals surface area contributed by atoms with Crippen LogP contribution in [0.15, 0.2) is 546 Å². The van der Waals surface area contributed by atoms with Crippen molar-refractivity contribution in [1.82, 2.24) is 13.7 Å². The van der Waals surface area contributed by atoms with Gasteiger partial charge in [0.1, 0.15) is 0 Å². The van der Waals surface area contributed by atoms with E-state index in [9.17, 15) is 10.5 Å². The zero-order valence-corrected chi connectivity index (χ0v) is 78.6. The number of nitrogens with zero attached hydrogens (tertiary/aromatic N) is 6. The predicted octanol–water partition coefficient (Wildman–Crippen LogP) is 23.8. The van der Waals surface area contributed by atoms with E-state index in [4.69, 9.17) is 6.57 Å². The van der Waals surface area contributed by atoms with Crippen molar-refractivity contribution in [2.75, 3.05) is 0 Å². The maximum atomic E-state index is 10.4. The van der Waals surface area contributed by atoms with Crippen molar-refractivity contribution in [3.05, 3.63) is 569 Å². The number of rotatable bonds is 18. The number of para-hydroxylation sites is 6. The van der Waals surface area contributed by atoms with Gasteiger partial charge in [-0.3, -0.25) is 0 Å². The Bertz CT molecular complexity index is 8410. The van der Waals surface area contributed by atoms with E-state index < -0.39 is 24.2 Å². The van der Waals surface area contributed by atoms with Gasteiger partial charge in [-0.1, -0.05) is 461 Å². The Labute approximate surface area is 806 Å². The zero-order chi connectivity index (χ0) is 92.8. The highest BCUT2D eigenvalue weighted by Gasteiger charge is 2.46. The van der Waals surface area contributed by atoms with Crippen molar-refractivity contribution < 1.29 is 0 Å². The van der Waals surface area contributed by atoms with Crippen molar-refractivity contribution in [1.29, 1.82) is 10.5 Å². The lowest BCUT2D eigenvalue weighted by molar-refractivity contribution is 1.18. The van der Waals surface area contributed by atoms with Crippen LogP contribution in [0.25, 0.3) is 121 Å². The Hall–Kier alpha value is -17.9. The average Bonchev–Trinajstić information content (AvgIpc) is 1.54. The van der Waals surface area contributed by atoms with Gasteiger partial charge in [-0.05, 0) is 181 Å². The molecule has 0 atom stereocenters. The molecular weight excluding hydrogens is 1720 g/mol. The molecule has 0 bridgehead atoms. The number of benzene rings is 21. The van der Waals surface area contributed by atoms with Crippen LogP contribution in [0.4, 0.5) is 5.69 Å². The van der Waals surface area contributed by atoms with Crippen molar-refractivity contribution in [2.45, 2.75) is 0 Å². The molecule has 0 radical (unpaired) electrons. The average molecular weight is 1810 g/mol. The van der Waals surface area contributed by atoms with E-state index in [2.05, 4.69) is 540 Å². The second-order valence-electron chi connectivity index (χ2n) is 34.9. The number of aromatic nitrogens is 3. The fraction of sp³-hybridized carbons (Fsp3) is 0. The first kappa shape index (κ1) is 85.6. The SMILES string of the molecule is N#Cc1ccccc1[Si](c1ccccc1)(c1ccccc1)c1ccc(-c2ccc(-n3c4ccccc4c4ccccc43)cc2)cc1.N#Cc1ccccc1[Si](c1ccccc1)(c1ccccc1)c1cccc(-c2ccc(-n3c4ccccc4c4ccccc43)cc2)c1.[C-]#[N+]c1ccc([Si](c2ccccc2)(c2ccccc2)c2ccc(-c3cccc(-n4c5ccccc5c5ccccc54)c3)cc2)cc1. The Morgan fingerprint density at radius 1 is 0.181 bits per heavy atom. The molecule has 24 aromatic rings. The molecule has 0 aliphatic rings. The smallest absolute Gasteiger partial charge is 0.187 e. The standard InChI is InChI=1S/3C43H30N2Si/c1-44-34-25-29-39(30-26-34)46(36-15-4-2-5-16-36,37-17-6-3-7-18-37)38-27-23-32(24-28-38)33-13-12-14-35(31-33)45-42-21-10-8-19-40(42)41-20-9-11-22-43(41)45;44-31-34-14-7-12-25-43(34)46(36-16-3-1-4-17-36,37-18-5-2-6-19-37)38-20-13-15-33(30-38)32-26-28-35(29-27-32)45-41-23-10-8-21-39(41)40-22-9-11-24-42(40)45;44-31-34-13-7-12-22-43(34)46(36-14-3-1-4-15-36,37-16-5-2-6-17-37)38-29-25-33(26-30-38)32-23-27-35(28-24-32)45-41-20-10-8-18-39(41)40-19-9-11-21-42(40)45/h2-31H;2*1-30H. The Morgan fingerprint density at radius 2 is 0.413 bits per heavy atom. The van der Waals surface area contributed by atoms with Gasteiger partial charge in [0, 0.05) is 49.4 Å². The molecule has 21 aromatic carbocycles. The van der Waals surface area contributed by atoms with Gasteiger partial charge < -0.3 is 13.7 Å². The molecule has 24 rings (SSSR count). The molecule has 0 amide bonds. The second-order valence-corrected chi connectivity index (χ2v) is 46.3. The number of fused-ring (bicyclic) bond motifs is 9. The minimum atomic E-state index is -2.87. The van der Waals surface area contributed by atoms with E-state index in [0.717, 1.165) is 55.3 Å². The molecule has 0 aliphatic heterocycles. The third-order valence-electron chi connectivity index (χ3n) is 27.6. The largest absolute Gasteiger partial charge is 0.309 e. The van der Waals surface area contributed by atoms with Gasteiger partial charge in [-0.2, -0.15) is 10.5 Å². The van der Waals surface area contributed by atoms with Crippen LogP contribution in [0, 0.1) is 29.2 Å². The first-order valence-electron chi connectivity index (χ1n) is 46.7. The maximum absolute atomic E-state index is 10.4. The van der Waals surface area contributed by atoms with E-state index in [1.165, 1.54) is 134 Å². The molecule has 9 heteroatoms. The van der Waals surface area contributed by atoms with E-state index in [1.54, 1.807) is 0 Å². The van der Waals surface area contributed by atoms with Gasteiger partial charge in [0.05, 0.1) is 62.9 Å². The number of nitriles is 2. The van der Waals surface area contributed by atoms with Gasteiger partial charge >= 0.3 is 0 Å². The minimum Gasteiger partial charge on any atom is -0.309 e. The van der Waals surface area contributed by atoms with Gasteiger partial charge in [-0.25, -0.2) is 4.85 Å². The van der Waals surface area contributed by atoms with Crippen LogP contribution in [-0.4, -0.2) is 37.9 Å². The fourth-order valence-electron chi connectivity index (χ4n) is 21.5. The third-order valence-corrected chi connectivity index (χ3v) is 42.1. The van der Waals surface area contributed by atoms with Crippen molar-refractivity contribution >= 4 is 158 Å². The quantitative estimate of drug-likeness (QED) is 0.0488. The lowest BCUT2D eigenvalue weighted by Gasteiger charge is -2.35. The molecule has 0 fully saturated rings. The van der Waals surface area contributed by atoms with E-state index in [0.29, 0.717) is 5.69 Å². The molecule has 0 saturated carbocycles. The van der Waals surface area contributed by atoms with Crippen LogP contribution < -0.4 is 62.2 Å². The summed E-state index contributed by atoms with van der Waals surface area (Å²) >= 11 is 0. The monoisotopic (exact) mass is 1810 g/mol. The van der Waals surface area contributed by atoms with Gasteiger partial charge in [0.2, 0.25) is 0 Å². The molecule has 0 spiro atoms. The highest BCUT2D eigenvalue weighted by Crippen LogP contribution is 2.38. The molecule has 0 unspecified atom stereocenters. The molecule has 3 aromatic heterocycles. The number of hydrogen-bond acceptors (Lipinski definition) is 2. The zero-order valence-electron chi connectivity index (χ0n) is 75.6. The first-order valence-corrected chi connectivity index (χ1v) is 52.7. The Kier molecular flexibility index (Phi) is 23.4. The van der Waals surface area contributed by atoms with Crippen LogP contribution in [0.2, 0.25) is 0 Å². The van der Waals surface area contributed by atoms with Gasteiger partial charge in [0.15, 0.2) is 29.9 Å². The Balaban J connectivity index is 0.000000119. The molecular formula is C129H90N6Si3. The summed E-state index contributed by atoms with van der Waals surface area (Å²) < 4.78 is 7.08. The maximum Gasteiger partial charge on any atom is 0.187 e. The van der Waals surface area contributed by atoms with Gasteiger partial charge in [-0.15, -0.1) is 0 Å². The second kappa shape index (κ2) is 37.7. The lowest BCUT2D eigenvalue weighted by Crippen LogP contribution is -2.75. The topological polar surface area (TPSA) is 66.7 Å². The molecule has 0 aliphatic carbocycles. The summed E-state index contributed by atoms with van der Waals surface area (Å²) in [7, 11) is -8.37. The summed E-state index contributed by atoms with van der Waals surface area (Å²) in [6, 6.07) is 200. The normalized spacial score (nSPS) is 11.5. The van der Waals surface area contributed by atoms with Crippen molar-refractivity contribution in [3.63, 3.8) is 0 Å². The summed E-state index contributed by atoms with van der Waals surface area (Å²) in [6.45, 7) is 7.54. The van der Waals surface area contributed by atoms with E-state index in [-0.39, 0.29) is 0 Å². The highest BCUT2D eigenvalue weighted by molar-refractivity contribution is 7.21. The first-order chi connectivity index (χ1) is 68.3. The molecule has 648 valence electrons. The molecule has 0 saturated heterocycles. The van der Waals surface area contributed by atoms with Crippen LogP contribution in [0.1, 0.15) is 11.1 Å².